The van der Waals surface area contributed by atoms with E-state index in [1.165, 1.54) is 12.8 Å². The summed E-state index contributed by atoms with van der Waals surface area (Å²) in [6.07, 6.45) is 3.98. The van der Waals surface area contributed by atoms with Gasteiger partial charge in [0.05, 0.1) is 0 Å². The monoisotopic (exact) mass is 289 g/mol. The van der Waals surface area contributed by atoms with Gasteiger partial charge in [0.1, 0.15) is 17.5 Å². The molecule has 3 rings (SSSR count). The van der Waals surface area contributed by atoms with Crippen LogP contribution in [0.3, 0.4) is 0 Å². The molecule has 2 fully saturated rings. The minimum atomic E-state index is 0.123. The number of carbonyl (C=O) groups is 1. The van der Waals surface area contributed by atoms with Crippen LogP contribution in [-0.4, -0.2) is 42.1 Å². The second kappa shape index (κ2) is 6.28. The van der Waals surface area contributed by atoms with Gasteiger partial charge in [-0.15, -0.1) is 0 Å². The highest BCUT2D eigenvalue weighted by Gasteiger charge is 2.28. The van der Waals surface area contributed by atoms with E-state index in [-0.39, 0.29) is 5.91 Å². The quantitative estimate of drug-likeness (QED) is 0.859. The first-order chi connectivity index (χ1) is 10.3. The van der Waals surface area contributed by atoms with Crippen molar-refractivity contribution in [3.8, 4) is 0 Å². The summed E-state index contributed by atoms with van der Waals surface area (Å²) in [4.78, 5) is 23.0. The van der Waals surface area contributed by atoms with Gasteiger partial charge in [0.25, 0.3) is 0 Å². The lowest BCUT2D eigenvalue weighted by Gasteiger charge is -2.22. The van der Waals surface area contributed by atoms with Crippen LogP contribution in [-0.2, 0) is 4.79 Å². The summed E-state index contributed by atoms with van der Waals surface area (Å²) >= 11 is 0. The lowest BCUT2D eigenvalue weighted by molar-refractivity contribution is -0.120. The molecule has 0 radical (unpaired) electrons. The van der Waals surface area contributed by atoms with E-state index in [0.29, 0.717) is 18.9 Å². The van der Waals surface area contributed by atoms with Gasteiger partial charge in [0, 0.05) is 44.6 Å². The highest BCUT2D eigenvalue weighted by atomic mass is 16.1. The van der Waals surface area contributed by atoms with Crippen molar-refractivity contribution >= 4 is 17.5 Å². The van der Waals surface area contributed by atoms with Gasteiger partial charge in [-0.25, -0.2) is 9.97 Å². The summed E-state index contributed by atoms with van der Waals surface area (Å²) in [7, 11) is 0. The van der Waals surface area contributed by atoms with Crippen LogP contribution in [0.15, 0.2) is 6.07 Å². The van der Waals surface area contributed by atoms with E-state index in [0.717, 1.165) is 43.5 Å². The largest absolute Gasteiger partial charge is 0.370 e. The predicted molar refractivity (Wildman–Crippen MR) is 82.6 cm³/mol. The van der Waals surface area contributed by atoms with E-state index >= 15 is 0 Å². The van der Waals surface area contributed by atoms with E-state index in [1.807, 2.05) is 6.07 Å². The molecule has 114 valence electrons. The summed E-state index contributed by atoms with van der Waals surface area (Å²) in [6, 6.07) is 2.01. The molecule has 0 atom stereocenters. The molecule has 2 N–H and O–H groups in total. The molecule has 1 saturated carbocycles. The Kier molecular flexibility index (Phi) is 4.22. The topological polar surface area (TPSA) is 70.2 Å². The van der Waals surface area contributed by atoms with Gasteiger partial charge in [-0.05, 0) is 19.3 Å². The molecule has 1 aliphatic carbocycles. The molecule has 0 spiro atoms. The molecule has 0 bridgehead atoms. The van der Waals surface area contributed by atoms with E-state index < -0.39 is 0 Å². The number of nitrogens with zero attached hydrogens (tertiary/aromatic N) is 3. The number of hydrogen-bond acceptors (Lipinski definition) is 5. The molecule has 1 aromatic rings. The van der Waals surface area contributed by atoms with Gasteiger partial charge in [0.2, 0.25) is 5.91 Å². The number of aromatic nitrogens is 2. The molecule has 1 amide bonds. The van der Waals surface area contributed by atoms with Crippen LogP contribution in [0.5, 0.6) is 0 Å². The maximum Gasteiger partial charge on any atom is 0.221 e. The van der Waals surface area contributed by atoms with Crippen molar-refractivity contribution in [2.24, 2.45) is 0 Å². The average Bonchev–Trinajstić information content (AvgIpc) is 3.32. The Morgan fingerprint density at radius 3 is 3.00 bits per heavy atom. The third-order valence-corrected chi connectivity index (χ3v) is 3.87. The summed E-state index contributed by atoms with van der Waals surface area (Å²) in [5.74, 6) is 3.46. The SMILES string of the molecule is CCCNc1cc(N2CCNC(=O)CC2)nc(C2CC2)n1. The van der Waals surface area contributed by atoms with Crippen molar-refractivity contribution in [1.29, 1.82) is 0 Å². The summed E-state index contributed by atoms with van der Waals surface area (Å²) in [6.45, 7) is 5.27. The van der Waals surface area contributed by atoms with Crippen molar-refractivity contribution in [3.63, 3.8) is 0 Å². The molecule has 1 aliphatic heterocycles. The molecule has 2 aliphatic rings. The van der Waals surface area contributed by atoms with Gasteiger partial charge < -0.3 is 15.5 Å². The van der Waals surface area contributed by atoms with E-state index in [2.05, 4.69) is 27.4 Å². The van der Waals surface area contributed by atoms with Crippen molar-refractivity contribution < 1.29 is 4.79 Å². The van der Waals surface area contributed by atoms with Gasteiger partial charge in [-0.1, -0.05) is 6.92 Å². The number of amides is 1. The highest BCUT2D eigenvalue weighted by Crippen LogP contribution is 2.39. The van der Waals surface area contributed by atoms with Gasteiger partial charge in [-0.3, -0.25) is 4.79 Å². The van der Waals surface area contributed by atoms with Crippen LogP contribution in [0.2, 0.25) is 0 Å². The molecular formula is C15H23N5O. The second-order valence-corrected chi connectivity index (χ2v) is 5.76. The molecule has 0 unspecified atom stereocenters. The fourth-order valence-electron chi connectivity index (χ4n) is 2.48. The van der Waals surface area contributed by atoms with Gasteiger partial charge in [-0.2, -0.15) is 0 Å². The standard InChI is InChI=1S/C15H23N5O/c1-2-6-16-12-10-13(19-15(18-12)11-3-4-11)20-8-5-14(21)17-7-9-20/h10-11H,2-9H2,1H3,(H,17,21)(H,16,18,19). The van der Waals surface area contributed by atoms with Crippen molar-refractivity contribution in [1.82, 2.24) is 15.3 Å². The zero-order chi connectivity index (χ0) is 14.7. The van der Waals surface area contributed by atoms with Crippen molar-refractivity contribution in [2.75, 3.05) is 36.4 Å². The predicted octanol–water partition coefficient (Wildman–Crippen LogP) is 1.50. The summed E-state index contributed by atoms with van der Waals surface area (Å²) in [5, 5.41) is 6.26. The lowest BCUT2D eigenvalue weighted by atomic mass is 10.3. The van der Waals surface area contributed by atoms with Gasteiger partial charge >= 0.3 is 0 Å². The van der Waals surface area contributed by atoms with Crippen LogP contribution in [0.25, 0.3) is 0 Å². The Balaban J connectivity index is 1.81. The van der Waals surface area contributed by atoms with Gasteiger partial charge in [0.15, 0.2) is 0 Å². The molecule has 0 aromatic carbocycles. The number of carbonyl (C=O) groups excluding carboxylic acids is 1. The molecular weight excluding hydrogens is 266 g/mol. The Labute approximate surface area is 125 Å². The maximum atomic E-state index is 11.5. The Morgan fingerprint density at radius 2 is 2.24 bits per heavy atom. The first-order valence-corrected chi connectivity index (χ1v) is 7.90. The van der Waals surface area contributed by atoms with Crippen LogP contribution in [0.4, 0.5) is 11.6 Å². The maximum absolute atomic E-state index is 11.5. The minimum absolute atomic E-state index is 0.123. The van der Waals surface area contributed by atoms with Crippen LogP contribution in [0, 0.1) is 0 Å². The summed E-state index contributed by atoms with van der Waals surface area (Å²) < 4.78 is 0. The number of anilines is 2. The van der Waals surface area contributed by atoms with Crippen molar-refractivity contribution in [2.45, 2.75) is 38.5 Å². The molecule has 2 heterocycles. The normalized spacial score (nSPS) is 19.1. The molecule has 1 saturated heterocycles. The van der Waals surface area contributed by atoms with E-state index in [4.69, 9.17) is 4.98 Å². The first-order valence-electron chi connectivity index (χ1n) is 7.90. The Hall–Kier alpha value is -1.85. The van der Waals surface area contributed by atoms with Crippen LogP contribution in [0.1, 0.15) is 44.3 Å². The molecule has 6 heteroatoms. The number of hydrogen-bond donors (Lipinski definition) is 2. The second-order valence-electron chi connectivity index (χ2n) is 5.76. The first kappa shape index (κ1) is 14.1. The number of rotatable bonds is 5. The fraction of sp³-hybridized carbons (Fsp3) is 0.667. The summed E-state index contributed by atoms with van der Waals surface area (Å²) in [5.41, 5.74) is 0. The average molecular weight is 289 g/mol. The van der Waals surface area contributed by atoms with Crippen LogP contribution < -0.4 is 15.5 Å². The molecule has 6 nitrogen and oxygen atoms in total. The zero-order valence-electron chi connectivity index (χ0n) is 12.6. The smallest absolute Gasteiger partial charge is 0.221 e. The minimum Gasteiger partial charge on any atom is -0.370 e. The Bertz CT molecular complexity index is 515. The third kappa shape index (κ3) is 3.62. The van der Waals surface area contributed by atoms with Crippen molar-refractivity contribution in [3.05, 3.63) is 11.9 Å². The van der Waals surface area contributed by atoms with Crippen LogP contribution >= 0.6 is 0 Å². The molecule has 21 heavy (non-hydrogen) atoms. The Morgan fingerprint density at radius 1 is 1.38 bits per heavy atom. The zero-order valence-corrected chi connectivity index (χ0v) is 12.6. The van der Waals surface area contributed by atoms with E-state index in [9.17, 15) is 4.79 Å². The third-order valence-electron chi connectivity index (χ3n) is 3.87. The molecule has 1 aromatic heterocycles. The lowest BCUT2D eigenvalue weighted by Crippen LogP contribution is -2.29. The fourth-order valence-corrected chi connectivity index (χ4v) is 2.48. The van der Waals surface area contributed by atoms with E-state index in [1.54, 1.807) is 0 Å². The number of nitrogens with one attached hydrogen (secondary N) is 2. The highest BCUT2D eigenvalue weighted by molar-refractivity contribution is 5.77.